The number of likely N-dealkylation sites (tertiary alicyclic amines) is 1. The van der Waals surface area contributed by atoms with Crippen LogP contribution in [0.4, 0.5) is 0 Å². The number of ether oxygens (including phenoxy) is 1. The highest BCUT2D eigenvalue weighted by Gasteiger charge is 2.55. The molecule has 3 heterocycles. The topological polar surface area (TPSA) is 79.7 Å². The van der Waals surface area contributed by atoms with Gasteiger partial charge in [0.15, 0.2) is 0 Å². The van der Waals surface area contributed by atoms with Crippen molar-refractivity contribution in [3.8, 4) is 5.75 Å². The number of allylic oxidation sites excluding steroid dienone is 2. The number of carbonyl (C=O) groups excluding carboxylic acids is 2. The van der Waals surface area contributed by atoms with Crippen molar-refractivity contribution in [3.63, 3.8) is 0 Å². The number of aromatic hydroxyl groups is 1. The molecule has 2 aromatic carbocycles. The summed E-state index contributed by atoms with van der Waals surface area (Å²) in [6.45, 7) is 2.62. The van der Waals surface area contributed by atoms with E-state index in [2.05, 4.69) is 18.0 Å². The Morgan fingerprint density at radius 3 is 2.61 bits per heavy atom. The van der Waals surface area contributed by atoms with E-state index < -0.39 is 0 Å². The van der Waals surface area contributed by atoms with Gasteiger partial charge in [0.1, 0.15) is 5.75 Å². The molecule has 194 valence electrons. The van der Waals surface area contributed by atoms with Crippen molar-refractivity contribution < 1.29 is 19.4 Å². The minimum atomic E-state index is -0.294. The summed E-state index contributed by atoms with van der Waals surface area (Å²) in [4.78, 5) is 31.7. The summed E-state index contributed by atoms with van der Waals surface area (Å²) >= 11 is 0. The molecule has 4 atom stereocenters. The summed E-state index contributed by atoms with van der Waals surface area (Å²) in [6.07, 6.45) is 6.92. The Labute approximate surface area is 222 Å². The van der Waals surface area contributed by atoms with Gasteiger partial charge in [0, 0.05) is 24.5 Å². The van der Waals surface area contributed by atoms with E-state index in [1.807, 2.05) is 48.5 Å². The van der Waals surface area contributed by atoms with E-state index in [9.17, 15) is 14.7 Å². The van der Waals surface area contributed by atoms with Crippen LogP contribution in [0.3, 0.4) is 0 Å². The zero-order chi connectivity index (χ0) is 26.4. The van der Waals surface area contributed by atoms with Gasteiger partial charge in [0.2, 0.25) is 11.8 Å². The van der Waals surface area contributed by atoms with Crippen molar-refractivity contribution in [2.75, 3.05) is 13.7 Å². The maximum atomic E-state index is 13.0. The van der Waals surface area contributed by atoms with Gasteiger partial charge < -0.3 is 9.84 Å². The quantitative estimate of drug-likeness (QED) is 0.345. The average Bonchev–Trinajstić information content (AvgIpc) is 3.47. The van der Waals surface area contributed by atoms with Crippen molar-refractivity contribution in [2.24, 2.45) is 17.8 Å². The summed E-state index contributed by atoms with van der Waals surface area (Å²) in [5, 5.41) is 12.2. The van der Waals surface area contributed by atoms with Gasteiger partial charge in [0.25, 0.3) is 0 Å². The fourth-order valence-corrected chi connectivity index (χ4v) is 6.70. The van der Waals surface area contributed by atoms with Crippen molar-refractivity contribution in [3.05, 3.63) is 83.2 Å². The van der Waals surface area contributed by atoms with E-state index in [4.69, 9.17) is 4.74 Å². The van der Waals surface area contributed by atoms with Crippen LogP contribution in [0, 0.1) is 17.8 Å². The minimum absolute atomic E-state index is 0.0153. The molecule has 0 radical (unpaired) electrons. The molecular formula is C32H32N2O4. The SMILES string of the molecule is CCC1=C2[C@@H](CC/C(=C/c3ccc(O)c4ccccc34)c3ccccn3)OC[C@@H]2[C@@H]2C(=O)N(C)C(=O)[C@@H]2C1. The second-order valence-electron chi connectivity index (χ2n) is 10.6. The van der Waals surface area contributed by atoms with Crippen LogP contribution in [0.2, 0.25) is 0 Å². The summed E-state index contributed by atoms with van der Waals surface area (Å²) in [5.41, 5.74) is 5.55. The van der Waals surface area contributed by atoms with E-state index in [1.165, 1.54) is 16.0 Å². The second kappa shape index (κ2) is 9.84. The molecule has 2 amide bonds. The fourth-order valence-electron chi connectivity index (χ4n) is 6.70. The number of amides is 2. The summed E-state index contributed by atoms with van der Waals surface area (Å²) in [5.74, 6) is -0.395. The third-order valence-electron chi connectivity index (χ3n) is 8.59. The highest BCUT2D eigenvalue weighted by Crippen LogP contribution is 2.50. The third-order valence-corrected chi connectivity index (χ3v) is 8.59. The maximum absolute atomic E-state index is 13.0. The normalized spacial score (nSPS) is 25.3. The molecule has 6 rings (SSSR count). The first kappa shape index (κ1) is 24.6. The number of phenols is 1. The molecule has 6 nitrogen and oxygen atoms in total. The Morgan fingerprint density at radius 1 is 1.05 bits per heavy atom. The number of fused-ring (bicyclic) bond motifs is 4. The molecule has 2 saturated heterocycles. The maximum Gasteiger partial charge on any atom is 0.233 e. The molecule has 3 aromatic rings. The number of aromatic nitrogens is 1. The van der Waals surface area contributed by atoms with E-state index in [-0.39, 0.29) is 41.4 Å². The summed E-state index contributed by atoms with van der Waals surface area (Å²) in [7, 11) is 1.61. The lowest BCUT2D eigenvalue weighted by molar-refractivity contribution is -0.138. The number of rotatable bonds is 6. The molecule has 0 unspecified atom stereocenters. The number of hydrogen-bond donors (Lipinski definition) is 1. The van der Waals surface area contributed by atoms with Gasteiger partial charge in [-0.05, 0) is 72.1 Å². The highest BCUT2D eigenvalue weighted by molar-refractivity contribution is 6.05. The Hall–Kier alpha value is -3.77. The van der Waals surface area contributed by atoms with Gasteiger partial charge in [-0.3, -0.25) is 19.5 Å². The summed E-state index contributed by atoms with van der Waals surface area (Å²) in [6, 6.07) is 17.5. The first-order valence-electron chi connectivity index (χ1n) is 13.5. The first-order chi connectivity index (χ1) is 18.5. The van der Waals surface area contributed by atoms with E-state index >= 15 is 0 Å². The molecule has 0 bridgehead atoms. The largest absolute Gasteiger partial charge is 0.507 e. The van der Waals surface area contributed by atoms with Gasteiger partial charge >= 0.3 is 0 Å². The molecule has 2 aliphatic heterocycles. The fraction of sp³-hybridized carbons (Fsp3) is 0.344. The predicted octanol–water partition coefficient (Wildman–Crippen LogP) is 5.62. The van der Waals surface area contributed by atoms with Crippen LogP contribution < -0.4 is 0 Å². The lowest BCUT2D eigenvalue weighted by atomic mass is 9.69. The molecule has 1 aromatic heterocycles. The van der Waals surface area contributed by atoms with Gasteiger partial charge in [-0.15, -0.1) is 0 Å². The number of phenolic OH excluding ortho intramolecular Hbond substituents is 1. The van der Waals surface area contributed by atoms with Crippen LogP contribution in [-0.4, -0.2) is 46.6 Å². The van der Waals surface area contributed by atoms with Gasteiger partial charge in [0.05, 0.1) is 30.2 Å². The molecule has 0 saturated carbocycles. The average molecular weight is 509 g/mol. The van der Waals surface area contributed by atoms with Crippen LogP contribution in [0.5, 0.6) is 5.75 Å². The van der Waals surface area contributed by atoms with Gasteiger partial charge in [-0.1, -0.05) is 48.9 Å². The minimum Gasteiger partial charge on any atom is -0.507 e. The van der Waals surface area contributed by atoms with Crippen molar-refractivity contribution in [1.29, 1.82) is 0 Å². The van der Waals surface area contributed by atoms with Crippen LogP contribution in [0.1, 0.15) is 43.9 Å². The molecule has 0 spiro atoms. The smallest absolute Gasteiger partial charge is 0.233 e. The van der Waals surface area contributed by atoms with E-state index in [0.717, 1.165) is 46.9 Å². The molecular weight excluding hydrogens is 476 g/mol. The molecule has 6 heteroatoms. The zero-order valence-electron chi connectivity index (χ0n) is 21.8. The predicted molar refractivity (Wildman–Crippen MR) is 147 cm³/mol. The van der Waals surface area contributed by atoms with Gasteiger partial charge in [-0.25, -0.2) is 0 Å². The van der Waals surface area contributed by atoms with Crippen molar-refractivity contribution in [2.45, 2.75) is 38.7 Å². The van der Waals surface area contributed by atoms with Gasteiger partial charge in [-0.2, -0.15) is 0 Å². The van der Waals surface area contributed by atoms with Crippen LogP contribution in [0.25, 0.3) is 22.4 Å². The Kier molecular flexibility index (Phi) is 6.36. The molecule has 1 N–H and O–H groups in total. The first-order valence-corrected chi connectivity index (χ1v) is 13.5. The number of imide groups is 1. The number of nitrogens with zero attached hydrogens (tertiary/aromatic N) is 2. The standard InChI is InChI=1S/C32H32N2O4/c1-3-19-17-24-30(32(37)34(2)31(24)36)25-18-38-28(29(19)25)14-12-21(26-10-6-7-15-33-26)16-20-11-13-27(35)23-9-5-4-8-22(20)23/h4-11,13,15-16,24-25,28,30,35H,3,12,14,17-18H2,1-2H3/b21-16-/t24-,25+,28-,30-/m1/s1. The molecule has 3 aliphatic rings. The van der Waals surface area contributed by atoms with Crippen LogP contribution in [-0.2, 0) is 14.3 Å². The molecule has 2 fully saturated rings. The number of hydrogen-bond acceptors (Lipinski definition) is 5. The van der Waals surface area contributed by atoms with E-state index in [1.54, 1.807) is 19.3 Å². The Balaban J connectivity index is 1.33. The number of carbonyl (C=O) groups is 2. The second-order valence-corrected chi connectivity index (χ2v) is 10.6. The number of pyridine rings is 1. The van der Waals surface area contributed by atoms with Crippen molar-refractivity contribution >= 4 is 34.2 Å². The zero-order valence-corrected chi connectivity index (χ0v) is 21.8. The van der Waals surface area contributed by atoms with Crippen LogP contribution in [0.15, 0.2) is 71.9 Å². The number of benzene rings is 2. The Morgan fingerprint density at radius 2 is 1.84 bits per heavy atom. The van der Waals surface area contributed by atoms with Crippen LogP contribution >= 0.6 is 0 Å². The van der Waals surface area contributed by atoms with Crippen molar-refractivity contribution in [1.82, 2.24) is 9.88 Å². The lowest BCUT2D eigenvalue weighted by Crippen LogP contribution is -2.33. The van der Waals surface area contributed by atoms with E-state index in [0.29, 0.717) is 13.0 Å². The molecule has 38 heavy (non-hydrogen) atoms. The Bertz CT molecular complexity index is 1480. The third kappa shape index (κ3) is 4.04. The lowest BCUT2D eigenvalue weighted by Gasteiger charge is -2.31. The molecule has 1 aliphatic carbocycles. The summed E-state index contributed by atoms with van der Waals surface area (Å²) < 4.78 is 6.36. The highest BCUT2D eigenvalue weighted by atomic mass is 16.5. The monoisotopic (exact) mass is 508 g/mol.